The van der Waals surface area contributed by atoms with Crippen LogP contribution in [0.15, 0.2) is 54.1 Å². The van der Waals surface area contributed by atoms with Gasteiger partial charge in [0.1, 0.15) is 6.10 Å². The van der Waals surface area contributed by atoms with Crippen LogP contribution in [0.5, 0.6) is 23.0 Å². The third-order valence-electron chi connectivity index (χ3n) is 4.20. The molecule has 0 bridgehead atoms. The Kier molecular flexibility index (Phi) is 5.47. The fraction of sp³-hybridized carbons (Fsp3) is 0.190. The van der Waals surface area contributed by atoms with Crippen molar-refractivity contribution in [2.75, 3.05) is 20.8 Å². The van der Waals surface area contributed by atoms with Gasteiger partial charge in [-0.1, -0.05) is 24.3 Å². The fourth-order valence-electron chi connectivity index (χ4n) is 2.78. The third-order valence-corrected chi connectivity index (χ3v) is 4.20. The van der Waals surface area contributed by atoms with Crippen molar-refractivity contribution in [3.8, 4) is 23.0 Å². The van der Waals surface area contributed by atoms with Gasteiger partial charge in [0.25, 0.3) is 0 Å². The summed E-state index contributed by atoms with van der Waals surface area (Å²) < 4.78 is 15.9. The van der Waals surface area contributed by atoms with Crippen LogP contribution in [0.1, 0.15) is 17.2 Å². The molecule has 0 aliphatic carbocycles. The molecule has 0 aromatic heterocycles. The zero-order valence-electron chi connectivity index (χ0n) is 15.0. The Morgan fingerprint density at radius 3 is 2.33 bits per heavy atom. The number of aromatic hydroxyl groups is 2. The molecule has 6 heteroatoms. The SMILES string of the molecule is COc1cc(/C=C/C2=CC(=O)C(c3ccc(O)c(OC)c3)OC2)ccc1O. The van der Waals surface area contributed by atoms with Gasteiger partial charge in [0.15, 0.2) is 28.8 Å². The molecule has 1 aliphatic heterocycles. The minimum absolute atomic E-state index is 0.00741. The summed E-state index contributed by atoms with van der Waals surface area (Å²) in [5.74, 6) is 0.561. The van der Waals surface area contributed by atoms with E-state index in [-0.39, 0.29) is 23.9 Å². The summed E-state index contributed by atoms with van der Waals surface area (Å²) in [7, 11) is 2.93. The van der Waals surface area contributed by atoms with Gasteiger partial charge in [-0.25, -0.2) is 0 Å². The number of benzene rings is 2. The monoisotopic (exact) mass is 368 g/mol. The summed E-state index contributed by atoms with van der Waals surface area (Å²) in [4.78, 5) is 12.5. The highest BCUT2D eigenvalue weighted by Crippen LogP contribution is 2.32. The molecule has 2 aromatic rings. The van der Waals surface area contributed by atoms with E-state index in [1.165, 1.54) is 20.3 Å². The molecule has 140 valence electrons. The van der Waals surface area contributed by atoms with Crippen LogP contribution in [-0.4, -0.2) is 36.8 Å². The first-order chi connectivity index (χ1) is 13.0. The van der Waals surface area contributed by atoms with Crippen molar-refractivity contribution in [3.63, 3.8) is 0 Å². The van der Waals surface area contributed by atoms with Gasteiger partial charge in [0.2, 0.25) is 0 Å². The smallest absolute Gasteiger partial charge is 0.189 e. The fourth-order valence-corrected chi connectivity index (χ4v) is 2.78. The summed E-state index contributed by atoms with van der Waals surface area (Å²) in [5.41, 5.74) is 2.18. The summed E-state index contributed by atoms with van der Waals surface area (Å²) in [6.45, 7) is 0.269. The molecule has 1 unspecified atom stereocenters. The highest BCUT2D eigenvalue weighted by Gasteiger charge is 2.25. The van der Waals surface area contributed by atoms with Crippen molar-refractivity contribution < 1.29 is 29.2 Å². The van der Waals surface area contributed by atoms with Gasteiger partial charge in [0.05, 0.1) is 20.8 Å². The molecule has 0 amide bonds. The van der Waals surface area contributed by atoms with Crippen LogP contribution in [0, 0.1) is 0 Å². The summed E-state index contributed by atoms with van der Waals surface area (Å²) in [6, 6.07) is 9.69. The number of rotatable bonds is 5. The highest BCUT2D eigenvalue weighted by atomic mass is 16.5. The number of phenols is 2. The molecule has 0 radical (unpaired) electrons. The maximum atomic E-state index is 12.5. The maximum Gasteiger partial charge on any atom is 0.189 e. The molecule has 0 fully saturated rings. The maximum absolute atomic E-state index is 12.5. The average Bonchev–Trinajstić information content (AvgIpc) is 2.68. The Morgan fingerprint density at radius 1 is 1.00 bits per heavy atom. The zero-order valence-corrected chi connectivity index (χ0v) is 15.0. The lowest BCUT2D eigenvalue weighted by Gasteiger charge is -2.21. The van der Waals surface area contributed by atoms with Gasteiger partial charge in [-0.15, -0.1) is 0 Å². The van der Waals surface area contributed by atoms with E-state index >= 15 is 0 Å². The van der Waals surface area contributed by atoms with Gasteiger partial charge >= 0.3 is 0 Å². The Labute approximate surface area is 156 Å². The van der Waals surface area contributed by atoms with Gasteiger partial charge in [-0.05, 0) is 47.0 Å². The predicted molar refractivity (Wildman–Crippen MR) is 100 cm³/mol. The number of methoxy groups -OCH3 is 2. The van der Waals surface area contributed by atoms with Crippen LogP contribution in [0.2, 0.25) is 0 Å². The predicted octanol–water partition coefficient (Wildman–Crippen LogP) is 3.40. The molecular weight excluding hydrogens is 348 g/mol. The minimum Gasteiger partial charge on any atom is -0.504 e. The summed E-state index contributed by atoms with van der Waals surface area (Å²) in [5, 5.41) is 19.3. The van der Waals surface area contributed by atoms with Crippen LogP contribution >= 0.6 is 0 Å². The highest BCUT2D eigenvalue weighted by molar-refractivity contribution is 5.96. The molecule has 2 aromatic carbocycles. The normalized spacial score (nSPS) is 17.0. The van der Waals surface area contributed by atoms with Crippen LogP contribution in [-0.2, 0) is 9.53 Å². The zero-order chi connectivity index (χ0) is 19.4. The first kappa shape index (κ1) is 18.5. The number of hydrogen-bond acceptors (Lipinski definition) is 6. The van der Waals surface area contributed by atoms with Crippen molar-refractivity contribution >= 4 is 11.9 Å². The van der Waals surface area contributed by atoms with E-state index in [9.17, 15) is 15.0 Å². The van der Waals surface area contributed by atoms with Crippen molar-refractivity contribution in [2.45, 2.75) is 6.10 Å². The average molecular weight is 368 g/mol. The lowest BCUT2D eigenvalue weighted by molar-refractivity contribution is -0.126. The second kappa shape index (κ2) is 7.97. The van der Waals surface area contributed by atoms with E-state index in [1.54, 1.807) is 42.5 Å². The second-order valence-electron chi connectivity index (χ2n) is 6.01. The number of phenolic OH excluding ortho intramolecular Hbond substituents is 2. The molecule has 0 spiro atoms. The Hall–Kier alpha value is -3.25. The quantitative estimate of drug-likeness (QED) is 0.841. The topological polar surface area (TPSA) is 85.2 Å². The molecule has 2 N–H and O–H groups in total. The number of carbonyl (C=O) groups excluding carboxylic acids is 1. The second-order valence-corrected chi connectivity index (χ2v) is 6.01. The molecule has 0 saturated heterocycles. The molecule has 0 saturated carbocycles. The van der Waals surface area contributed by atoms with E-state index < -0.39 is 6.10 Å². The van der Waals surface area contributed by atoms with Crippen molar-refractivity contribution in [1.29, 1.82) is 0 Å². The van der Waals surface area contributed by atoms with Crippen molar-refractivity contribution in [2.24, 2.45) is 0 Å². The molecular formula is C21H20O6. The standard InChI is InChI=1S/C21H20O6/c1-25-19-10-13(5-7-16(19)22)3-4-14-9-18(24)21(27-12-14)15-6-8-17(23)20(11-15)26-2/h3-11,21-23H,12H2,1-2H3/b4-3+. The van der Waals surface area contributed by atoms with E-state index in [0.29, 0.717) is 17.1 Å². The number of hydrogen-bond donors (Lipinski definition) is 2. The Morgan fingerprint density at radius 2 is 1.67 bits per heavy atom. The van der Waals surface area contributed by atoms with E-state index in [4.69, 9.17) is 14.2 Å². The molecule has 1 aliphatic rings. The van der Waals surface area contributed by atoms with E-state index in [0.717, 1.165) is 11.1 Å². The third kappa shape index (κ3) is 4.12. The summed E-state index contributed by atoms with van der Waals surface area (Å²) in [6.07, 6.45) is 4.42. The van der Waals surface area contributed by atoms with Crippen LogP contribution in [0.4, 0.5) is 0 Å². The van der Waals surface area contributed by atoms with Crippen LogP contribution < -0.4 is 9.47 Å². The largest absolute Gasteiger partial charge is 0.504 e. The van der Waals surface area contributed by atoms with Gasteiger partial charge in [-0.2, -0.15) is 0 Å². The lowest BCUT2D eigenvalue weighted by Crippen LogP contribution is -2.20. The first-order valence-electron chi connectivity index (χ1n) is 8.30. The van der Waals surface area contributed by atoms with Crippen LogP contribution in [0.25, 0.3) is 6.08 Å². The van der Waals surface area contributed by atoms with Gasteiger partial charge in [0, 0.05) is 0 Å². The Balaban J connectivity index is 1.76. The minimum atomic E-state index is -0.731. The number of ketones is 1. The lowest BCUT2D eigenvalue weighted by atomic mass is 10.00. The van der Waals surface area contributed by atoms with Crippen molar-refractivity contribution in [1.82, 2.24) is 0 Å². The van der Waals surface area contributed by atoms with Crippen LogP contribution in [0.3, 0.4) is 0 Å². The molecule has 3 rings (SSSR count). The first-order valence-corrected chi connectivity index (χ1v) is 8.30. The molecule has 6 nitrogen and oxygen atoms in total. The Bertz CT molecular complexity index is 913. The van der Waals surface area contributed by atoms with E-state index in [2.05, 4.69) is 0 Å². The summed E-state index contributed by atoms with van der Waals surface area (Å²) >= 11 is 0. The number of carbonyl (C=O) groups is 1. The van der Waals surface area contributed by atoms with Gasteiger partial charge in [-0.3, -0.25) is 4.79 Å². The molecule has 27 heavy (non-hydrogen) atoms. The van der Waals surface area contributed by atoms with E-state index in [1.807, 2.05) is 6.08 Å². The van der Waals surface area contributed by atoms with Crippen molar-refractivity contribution in [3.05, 3.63) is 65.3 Å². The van der Waals surface area contributed by atoms with Gasteiger partial charge < -0.3 is 24.4 Å². The molecule has 1 heterocycles. The molecule has 1 atom stereocenters. The number of ether oxygens (including phenoxy) is 3.